The SMILES string of the molecule is Cc1ccc(CNCCNC2CC2)o1. The molecule has 2 N–H and O–H groups in total. The second-order valence-corrected chi connectivity index (χ2v) is 3.92. The molecule has 0 atom stereocenters. The molecule has 1 aromatic rings. The van der Waals surface area contributed by atoms with Crippen LogP contribution in [0, 0.1) is 6.92 Å². The summed E-state index contributed by atoms with van der Waals surface area (Å²) in [4.78, 5) is 0. The number of rotatable bonds is 6. The van der Waals surface area contributed by atoms with E-state index in [4.69, 9.17) is 4.42 Å². The topological polar surface area (TPSA) is 37.2 Å². The van der Waals surface area contributed by atoms with Crippen molar-refractivity contribution in [1.29, 1.82) is 0 Å². The van der Waals surface area contributed by atoms with Gasteiger partial charge in [-0.2, -0.15) is 0 Å². The lowest BCUT2D eigenvalue weighted by atomic mass is 10.4. The zero-order chi connectivity index (χ0) is 9.80. The van der Waals surface area contributed by atoms with Crippen LogP contribution < -0.4 is 10.6 Å². The average molecular weight is 194 g/mol. The molecule has 0 spiro atoms. The Labute approximate surface area is 84.9 Å². The van der Waals surface area contributed by atoms with E-state index in [1.54, 1.807) is 0 Å². The summed E-state index contributed by atoms with van der Waals surface area (Å²) in [5.41, 5.74) is 0. The predicted molar refractivity (Wildman–Crippen MR) is 56.2 cm³/mol. The van der Waals surface area contributed by atoms with Gasteiger partial charge in [0.25, 0.3) is 0 Å². The Hall–Kier alpha value is -0.800. The smallest absolute Gasteiger partial charge is 0.117 e. The zero-order valence-corrected chi connectivity index (χ0v) is 8.68. The van der Waals surface area contributed by atoms with Gasteiger partial charge in [0.2, 0.25) is 0 Å². The lowest BCUT2D eigenvalue weighted by Crippen LogP contribution is -2.28. The molecule has 0 aliphatic heterocycles. The fourth-order valence-corrected chi connectivity index (χ4v) is 1.44. The van der Waals surface area contributed by atoms with Crippen LogP contribution in [0.2, 0.25) is 0 Å². The van der Waals surface area contributed by atoms with Crippen LogP contribution in [0.25, 0.3) is 0 Å². The quantitative estimate of drug-likeness (QED) is 0.673. The van der Waals surface area contributed by atoms with E-state index in [-0.39, 0.29) is 0 Å². The Morgan fingerprint density at radius 2 is 2.21 bits per heavy atom. The van der Waals surface area contributed by atoms with Crippen molar-refractivity contribution in [3.63, 3.8) is 0 Å². The van der Waals surface area contributed by atoms with E-state index in [0.29, 0.717) is 0 Å². The van der Waals surface area contributed by atoms with Crippen molar-refractivity contribution in [2.45, 2.75) is 32.4 Å². The fraction of sp³-hybridized carbons (Fsp3) is 0.636. The van der Waals surface area contributed by atoms with E-state index in [0.717, 1.165) is 37.2 Å². The van der Waals surface area contributed by atoms with Crippen molar-refractivity contribution >= 4 is 0 Å². The van der Waals surface area contributed by atoms with Crippen LogP contribution in [0.15, 0.2) is 16.5 Å². The Balaban J connectivity index is 1.53. The number of furan rings is 1. The van der Waals surface area contributed by atoms with Gasteiger partial charge in [-0.25, -0.2) is 0 Å². The molecule has 14 heavy (non-hydrogen) atoms. The monoisotopic (exact) mass is 194 g/mol. The molecule has 3 heteroatoms. The Kier molecular flexibility index (Phi) is 3.22. The molecule has 3 nitrogen and oxygen atoms in total. The van der Waals surface area contributed by atoms with Gasteiger partial charge in [0.05, 0.1) is 6.54 Å². The predicted octanol–water partition coefficient (Wildman–Crippen LogP) is 1.43. The van der Waals surface area contributed by atoms with E-state index < -0.39 is 0 Å². The van der Waals surface area contributed by atoms with E-state index in [2.05, 4.69) is 10.6 Å². The van der Waals surface area contributed by atoms with E-state index >= 15 is 0 Å². The summed E-state index contributed by atoms with van der Waals surface area (Å²) in [6.07, 6.45) is 2.72. The van der Waals surface area contributed by atoms with Gasteiger partial charge < -0.3 is 15.1 Å². The summed E-state index contributed by atoms with van der Waals surface area (Å²) >= 11 is 0. The van der Waals surface area contributed by atoms with Crippen molar-refractivity contribution in [3.05, 3.63) is 23.7 Å². The minimum absolute atomic E-state index is 0.808. The van der Waals surface area contributed by atoms with Crippen molar-refractivity contribution in [2.24, 2.45) is 0 Å². The second-order valence-electron chi connectivity index (χ2n) is 3.92. The molecule has 1 fully saturated rings. The largest absolute Gasteiger partial charge is 0.465 e. The molecule has 78 valence electrons. The minimum atomic E-state index is 0.808. The molecular weight excluding hydrogens is 176 g/mol. The van der Waals surface area contributed by atoms with Crippen LogP contribution in [0.5, 0.6) is 0 Å². The lowest BCUT2D eigenvalue weighted by Gasteiger charge is -2.03. The Bertz CT molecular complexity index is 279. The molecule has 1 aliphatic rings. The highest BCUT2D eigenvalue weighted by Crippen LogP contribution is 2.17. The number of hydrogen-bond acceptors (Lipinski definition) is 3. The van der Waals surface area contributed by atoms with Crippen LogP contribution >= 0.6 is 0 Å². The van der Waals surface area contributed by atoms with Crippen LogP contribution in [0.3, 0.4) is 0 Å². The van der Waals surface area contributed by atoms with E-state index in [1.807, 2.05) is 19.1 Å². The first-order chi connectivity index (χ1) is 6.84. The maximum Gasteiger partial charge on any atom is 0.117 e. The van der Waals surface area contributed by atoms with Gasteiger partial charge >= 0.3 is 0 Å². The Morgan fingerprint density at radius 1 is 1.36 bits per heavy atom. The van der Waals surface area contributed by atoms with Gasteiger partial charge in [-0.1, -0.05) is 0 Å². The van der Waals surface area contributed by atoms with Gasteiger partial charge in [-0.15, -0.1) is 0 Å². The van der Waals surface area contributed by atoms with Crippen molar-refractivity contribution in [3.8, 4) is 0 Å². The first-order valence-corrected chi connectivity index (χ1v) is 5.34. The standard InChI is InChI=1S/C11H18N2O/c1-9-2-5-11(14-9)8-12-6-7-13-10-3-4-10/h2,5,10,12-13H,3-4,6-8H2,1H3. The van der Waals surface area contributed by atoms with Gasteiger partial charge in [0.15, 0.2) is 0 Å². The van der Waals surface area contributed by atoms with Gasteiger partial charge in [-0.05, 0) is 31.9 Å². The summed E-state index contributed by atoms with van der Waals surface area (Å²) in [6, 6.07) is 4.83. The number of nitrogens with one attached hydrogen (secondary N) is 2. The average Bonchev–Trinajstić information content (AvgIpc) is 2.89. The minimum Gasteiger partial charge on any atom is -0.465 e. The van der Waals surface area contributed by atoms with Crippen LogP contribution in [-0.2, 0) is 6.54 Å². The first kappa shape index (κ1) is 9.74. The maximum absolute atomic E-state index is 5.44. The third-order valence-corrected chi connectivity index (χ3v) is 2.41. The molecule has 0 saturated heterocycles. The summed E-state index contributed by atoms with van der Waals surface area (Å²) in [5.74, 6) is 2.01. The molecule has 0 unspecified atom stereocenters. The van der Waals surface area contributed by atoms with Gasteiger partial charge in [0, 0.05) is 19.1 Å². The molecule has 0 radical (unpaired) electrons. The van der Waals surface area contributed by atoms with Crippen LogP contribution in [0.4, 0.5) is 0 Å². The van der Waals surface area contributed by atoms with Crippen molar-refractivity contribution in [1.82, 2.24) is 10.6 Å². The van der Waals surface area contributed by atoms with E-state index in [1.165, 1.54) is 12.8 Å². The molecule has 0 amide bonds. The fourth-order valence-electron chi connectivity index (χ4n) is 1.44. The highest BCUT2D eigenvalue weighted by molar-refractivity contribution is 5.05. The molecule has 0 bridgehead atoms. The normalized spacial score (nSPS) is 16.1. The zero-order valence-electron chi connectivity index (χ0n) is 8.68. The first-order valence-electron chi connectivity index (χ1n) is 5.34. The Morgan fingerprint density at radius 3 is 2.86 bits per heavy atom. The second kappa shape index (κ2) is 4.62. The summed E-state index contributed by atoms with van der Waals surface area (Å²) in [7, 11) is 0. The highest BCUT2D eigenvalue weighted by Gasteiger charge is 2.19. The van der Waals surface area contributed by atoms with Gasteiger partial charge in [-0.3, -0.25) is 0 Å². The molecule has 2 rings (SSSR count). The maximum atomic E-state index is 5.44. The van der Waals surface area contributed by atoms with Crippen LogP contribution in [-0.4, -0.2) is 19.1 Å². The molecular formula is C11H18N2O. The van der Waals surface area contributed by atoms with Crippen molar-refractivity contribution < 1.29 is 4.42 Å². The summed E-state index contributed by atoms with van der Waals surface area (Å²) < 4.78 is 5.44. The molecule has 0 aromatic carbocycles. The molecule has 1 heterocycles. The van der Waals surface area contributed by atoms with Crippen LogP contribution in [0.1, 0.15) is 24.4 Å². The third-order valence-electron chi connectivity index (χ3n) is 2.41. The molecule has 1 aliphatic carbocycles. The molecule has 1 saturated carbocycles. The van der Waals surface area contributed by atoms with Crippen molar-refractivity contribution in [2.75, 3.05) is 13.1 Å². The number of aryl methyl sites for hydroxylation is 1. The summed E-state index contributed by atoms with van der Waals surface area (Å²) in [6.45, 7) is 4.87. The van der Waals surface area contributed by atoms with Gasteiger partial charge in [0.1, 0.15) is 11.5 Å². The lowest BCUT2D eigenvalue weighted by molar-refractivity contribution is 0.460. The third kappa shape index (κ3) is 3.16. The summed E-state index contributed by atoms with van der Waals surface area (Å²) in [5, 5.41) is 6.80. The van der Waals surface area contributed by atoms with E-state index in [9.17, 15) is 0 Å². The highest BCUT2D eigenvalue weighted by atomic mass is 16.3. The molecule has 1 aromatic heterocycles. The number of hydrogen-bond donors (Lipinski definition) is 2.